The summed E-state index contributed by atoms with van der Waals surface area (Å²) in [5.74, 6) is 2.43. The van der Waals surface area contributed by atoms with Crippen molar-refractivity contribution in [1.82, 2.24) is 9.97 Å². The molecule has 2 rings (SSSR count). The van der Waals surface area contributed by atoms with Crippen LogP contribution >= 0.6 is 0 Å². The Balaban J connectivity index is 2.17. The lowest BCUT2D eigenvalue weighted by molar-refractivity contribution is 0.566. The van der Waals surface area contributed by atoms with Crippen molar-refractivity contribution in [3.05, 3.63) is 12.3 Å². The average Bonchev–Trinajstić information content (AvgIpc) is 3.14. The topological polar surface area (TPSA) is 58.3 Å². The van der Waals surface area contributed by atoms with Gasteiger partial charge in [0, 0.05) is 39.9 Å². The second-order valence-corrected chi connectivity index (χ2v) is 4.86. The van der Waals surface area contributed by atoms with Crippen LogP contribution in [0.4, 0.5) is 11.8 Å². The number of aromatic nitrogens is 2. The second kappa shape index (κ2) is 4.87. The molecule has 0 bridgehead atoms. The van der Waals surface area contributed by atoms with Crippen molar-refractivity contribution in [2.24, 2.45) is 11.7 Å². The van der Waals surface area contributed by atoms with Crippen molar-refractivity contribution in [2.75, 3.05) is 37.5 Å². The second-order valence-electron chi connectivity index (χ2n) is 4.86. The van der Waals surface area contributed by atoms with E-state index in [0.29, 0.717) is 12.6 Å². The van der Waals surface area contributed by atoms with Gasteiger partial charge in [-0.25, -0.2) is 4.98 Å². The third kappa shape index (κ3) is 2.66. The Morgan fingerprint density at radius 1 is 1.41 bits per heavy atom. The minimum absolute atomic E-state index is 0.403. The molecule has 94 valence electrons. The van der Waals surface area contributed by atoms with E-state index in [1.54, 1.807) is 6.20 Å². The van der Waals surface area contributed by atoms with Crippen LogP contribution in [0.5, 0.6) is 0 Å². The number of likely N-dealkylation sites (N-methyl/N-ethyl adjacent to an activating group) is 1. The molecule has 5 nitrogen and oxygen atoms in total. The molecule has 0 radical (unpaired) electrons. The fourth-order valence-corrected chi connectivity index (χ4v) is 2.07. The van der Waals surface area contributed by atoms with Crippen LogP contribution < -0.4 is 15.5 Å². The van der Waals surface area contributed by atoms with Gasteiger partial charge >= 0.3 is 0 Å². The summed E-state index contributed by atoms with van der Waals surface area (Å²) in [6, 6.07) is 2.35. The van der Waals surface area contributed by atoms with Gasteiger partial charge in [-0.1, -0.05) is 0 Å². The zero-order valence-corrected chi connectivity index (χ0v) is 10.8. The SMILES string of the molecule is CN(C)c1nccc(N(C)C(CN)C2CC2)n1. The first-order valence-corrected chi connectivity index (χ1v) is 6.06. The predicted octanol–water partition coefficient (Wildman–Crippen LogP) is 0.716. The summed E-state index contributed by atoms with van der Waals surface area (Å²) in [6.45, 7) is 0.683. The molecule has 1 heterocycles. The van der Waals surface area contributed by atoms with E-state index in [4.69, 9.17) is 5.73 Å². The molecule has 0 amide bonds. The minimum Gasteiger partial charge on any atom is -0.355 e. The zero-order chi connectivity index (χ0) is 12.4. The minimum atomic E-state index is 0.403. The highest BCUT2D eigenvalue weighted by Crippen LogP contribution is 2.35. The van der Waals surface area contributed by atoms with Crippen molar-refractivity contribution in [2.45, 2.75) is 18.9 Å². The van der Waals surface area contributed by atoms with Crippen molar-refractivity contribution in [3.8, 4) is 0 Å². The van der Waals surface area contributed by atoms with Crippen LogP contribution in [0.2, 0.25) is 0 Å². The predicted molar refractivity (Wildman–Crippen MR) is 70.3 cm³/mol. The quantitative estimate of drug-likeness (QED) is 0.815. The molecule has 1 aromatic rings. The average molecular weight is 235 g/mol. The van der Waals surface area contributed by atoms with Crippen LogP contribution in [0, 0.1) is 5.92 Å². The molecule has 1 aliphatic rings. The summed E-state index contributed by atoms with van der Waals surface area (Å²) in [5, 5.41) is 0. The van der Waals surface area contributed by atoms with Gasteiger partial charge in [0.1, 0.15) is 5.82 Å². The first-order valence-electron chi connectivity index (χ1n) is 6.06. The smallest absolute Gasteiger partial charge is 0.226 e. The van der Waals surface area contributed by atoms with E-state index < -0.39 is 0 Å². The molecule has 17 heavy (non-hydrogen) atoms. The van der Waals surface area contributed by atoms with Crippen molar-refractivity contribution < 1.29 is 0 Å². The summed E-state index contributed by atoms with van der Waals surface area (Å²) in [6.07, 6.45) is 4.38. The molecule has 1 atom stereocenters. The highest BCUT2D eigenvalue weighted by molar-refractivity contribution is 5.43. The summed E-state index contributed by atoms with van der Waals surface area (Å²) in [5.41, 5.74) is 5.85. The van der Waals surface area contributed by atoms with E-state index in [2.05, 4.69) is 21.9 Å². The van der Waals surface area contributed by atoms with Crippen LogP contribution in [0.15, 0.2) is 12.3 Å². The van der Waals surface area contributed by atoms with Gasteiger partial charge in [0.15, 0.2) is 0 Å². The van der Waals surface area contributed by atoms with E-state index in [0.717, 1.165) is 17.7 Å². The Labute approximate surface area is 103 Å². The fraction of sp³-hybridized carbons (Fsp3) is 0.667. The van der Waals surface area contributed by atoms with Gasteiger partial charge in [0.05, 0.1) is 0 Å². The van der Waals surface area contributed by atoms with Gasteiger partial charge in [0.2, 0.25) is 5.95 Å². The Morgan fingerprint density at radius 2 is 2.12 bits per heavy atom. The van der Waals surface area contributed by atoms with E-state index in [1.165, 1.54) is 12.8 Å². The van der Waals surface area contributed by atoms with E-state index in [1.807, 2.05) is 25.1 Å². The van der Waals surface area contributed by atoms with Gasteiger partial charge in [-0.2, -0.15) is 4.98 Å². The third-order valence-electron chi connectivity index (χ3n) is 3.29. The van der Waals surface area contributed by atoms with E-state index in [9.17, 15) is 0 Å². The Kier molecular flexibility index (Phi) is 3.47. The van der Waals surface area contributed by atoms with Crippen molar-refractivity contribution in [1.29, 1.82) is 0 Å². The number of hydrogen-bond acceptors (Lipinski definition) is 5. The lowest BCUT2D eigenvalue weighted by Crippen LogP contribution is -2.40. The van der Waals surface area contributed by atoms with E-state index in [-0.39, 0.29) is 0 Å². The van der Waals surface area contributed by atoms with Gasteiger partial charge in [-0.3, -0.25) is 0 Å². The Bertz CT molecular complexity index is 375. The summed E-state index contributed by atoms with van der Waals surface area (Å²) in [7, 11) is 5.96. The van der Waals surface area contributed by atoms with Crippen LogP contribution in [-0.2, 0) is 0 Å². The molecular weight excluding hydrogens is 214 g/mol. The molecule has 1 aliphatic carbocycles. The molecule has 1 aromatic heterocycles. The highest BCUT2D eigenvalue weighted by Gasteiger charge is 2.33. The molecule has 2 N–H and O–H groups in total. The van der Waals surface area contributed by atoms with Gasteiger partial charge < -0.3 is 15.5 Å². The maximum absolute atomic E-state index is 5.85. The Morgan fingerprint density at radius 3 is 2.65 bits per heavy atom. The molecule has 5 heteroatoms. The normalized spacial score (nSPS) is 16.7. The molecule has 0 aromatic carbocycles. The molecule has 0 saturated heterocycles. The number of rotatable bonds is 5. The van der Waals surface area contributed by atoms with Crippen LogP contribution in [0.1, 0.15) is 12.8 Å². The monoisotopic (exact) mass is 235 g/mol. The van der Waals surface area contributed by atoms with Gasteiger partial charge in [-0.05, 0) is 24.8 Å². The summed E-state index contributed by atoms with van der Waals surface area (Å²) >= 11 is 0. The maximum Gasteiger partial charge on any atom is 0.226 e. The molecule has 0 aliphatic heterocycles. The fourth-order valence-electron chi connectivity index (χ4n) is 2.07. The van der Waals surface area contributed by atoms with Crippen molar-refractivity contribution in [3.63, 3.8) is 0 Å². The van der Waals surface area contributed by atoms with Crippen LogP contribution in [0.3, 0.4) is 0 Å². The lowest BCUT2D eigenvalue weighted by atomic mass is 10.1. The third-order valence-corrected chi connectivity index (χ3v) is 3.29. The first kappa shape index (κ1) is 12.1. The van der Waals surface area contributed by atoms with Crippen LogP contribution in [0.25, 0.3) is 0 Å². The summed E-state index contributed by atoms with van der Waals surface area (Å²) in [4.78, 5) is 12.9. The molecule has 1 saturated carbocycles. The van der Waals surface area contributed by atoms with Crippen molar-refractivity contribution >= 4 is 11.8 Å². The maximum atomic E-state index is 5.85. The molecule has 0 spiro atoms. The number of nitrogens with zero attached hydrogens (tertiary/aromatic N) is 4. The van der Waals surface area contributed by atoms with Crippen LogP contribution in [-0.4, -0.2) is 43.7 Å². The highest BCUT2D eigenvalue weighted by atomic mass is 15.3. The zero-order valence-electron chi connectivity index (χ0n) is 10.8. The van der Waals surface area contributed by atoms with Gasteiger partial charge in [0.25, 0.3) is 0 Å². The van der Waals surface area contributed by atoms with Gasteiger partial charge in [-0.15, -0.1) is 0 Å². The lowest BCUT2D eigenvalue weighted by Gasteiger charge is -2.28. The molecule has 1 unspecified atom stereocenters. The summed E-state index contributed by atoms with van der Waals surface area (Å²) < 4.78 is 0. The van der Waals surface area contributed by atoms with E-state index >= 15 is 0 Å². The number of nitrogens with two attached hydrogens (primary N) is 1. The molecule has 1 fully saturated rings. The molecular formula is C12H21N5. The standard InChI is InChI=1S/C12H21N5/c1-16(2)12-14-7-6-11(15-12)17(3)10(8-13)9-4-5-9/h6-7,9-10H,4-5,8,13H2,1-3H3. The largest absolute Gasteiger partial charge is 0.355 e. The first-order chi connectivity index (χ1) is 8.13. The number of hydrogen-bond donors (Lipinski definition) is 1. The number of anilines is 2. The Hall–Kier alpha value is -1.36.